The van der Waals surface area contributed by atoms with E-state index in [2.05, 4.69) is 10.6 Å². The zero-order valence-electron chi connectivity index (χ0n) is 15.9. The van der Waals surface area contributed by atoms with E-state index in [1.165, 1.54) is 0 Å². The van der Waals surface area contributed by atoms with E-state index in [1.807, 2.05) is 0 Å². The Morgan fingerprint density at radius 3 is 2.14 bits per heavy atom. The maximum absolute atomic E-state index is 13.0. The van der Waals surface area contributed by atoms with E-state index in [1.54, 1.807) is 0 Å². The first-order chi connectivity index (χ1) is 13.8. The van der Waals surface area contributed by atoms with Crippen molar-refractivity contribution in [1.29, 1.82) is 0 Å². The highest BCUT2D eigenvalue weighted by atomic mass is 16.4. The molecule has 2 aliphatic carbocycles. The summed E-state index contributed by atoms with van der Waals surface area (Å²) in [6, 6.07) is -0.419. The fourth-order valence-electron chi connectivity index (χ4n) is 3.65. The summed E-state index contributed by atoms with van der Waals surface area (Å²) in [6.07, 6.45) is 5.72. The second-order valence-corrected chi connectivity index (χ2v) is 7.62. The van der Waals surface area contributed by atoms with Crippen LogP contribution in [0.25, 0.3) is 0 Å². The van der Waals surface area contributed by atoms with Gasteiger partial charge in [-0.05, 0) is 31.6 Å². The molecule has 2 aliphatic rings. The van der Waals surface area contributed by atoms with E-state index in [0.29, 0.717) is 25.3 Å². The molecule has 0 atom stereocenters. The number of aromatic hydroxyl groups is 2. The van der Waals surface area contributed by atoms with Gasteiger partial charge in [0.2, 0.25) is 5.88 Å². The highest BCUT2D eigenvalue weighted by Gasteiger charge is 2.33. The molecule has 2 saturated carbocycles. The molecular weight excluding hydrogens is 382 g/mol. The molecule has 10 heteroatoms. The maximum atomic E-state index is 13.0. The molecule has 158 valence electrons. The lowest BCUT2D eigenvalue weighted by Gasteiger charge is -2.26. The third-order valence-electron chi connectivity index (χ3n) is 5.40. The number of pyridine rings is 1. The highest BCUT2D eigenvalue weighted by molar-refractivity contribution is 6.05. The Morgan fingerprint density at radius 1 is 0.931 bits per heavy atom. The molecule has 0 aromatic carbocycles. The summed E-state index contributed by atoms with van der Waals surface area (Å²) < 4.78 is 0.987. The predicted octanol–water partition coefficient (Wildman–Crippen LogP) is 0.719. The lowest BCUT2D eigenvalue weighted by Crippen LogP contribution is -2.38. The van der Waals surface area contributed by atoms with Gasteiger partial charge in [-0.3, -0.25) is 23.7 Å². The Hall–Kier alpha value is -3.04. The van der Waals surface area contributed by atoms with Gasteiger partial charge in [0.1, 0.15) is 17.7 Å². The number of carbonyl (C=O) groups is 3. The molecule has 1 aromatic heterocycles. The summed E-state index contributed by atoms with van der Waals surface area (Å²) in [5.41, 5.74) is -2.16. The Kier molecular flexibility index (Phi) is 6.09. The topological polar surface area (TPSA) is 158 Å². The van der Waals surface area contributed by atoms with Crippen molar-refractivity contribution < 1.29 is 29.7 Å². The molecule has 0 aliphatic heterocycles. The third kappa shape index (κ3) is 4.52. The summed E-state index contributed by atoms with van der Waals surface area (Å²) in [6.45, 7) is -0.397. The number of nitrogens with zero attached hydrogens (tertiary/aromatic N) is 1. The lowest BCUT2D eigenvalue weighted by molar-refractivity contribution is -0.135. The molecule has 0 unspecified atom stereocenters. The molecular formula is C19H25N3O7. The minimum absolute atomic E-state index is 0.331. The van der Waals surface area contributed by atoms with Crippen molar-refractivity contribution in [2.45, 2.75) is 51.0 Å². The maximum Gasteiger partial charge on any atom is 0.322 e. The highest BCUT2D eigenvalue weighted by Crippen LogP contribution is 2.35. The number of carbonyl (C=O) groups excluding carboxylic acids is 2. The molecule has 29 heavy (non-hydrogen) atoms. The van der Waals surface area contributed by atoms with Gasteiger partial charge >= 0.3 is 5.97 Å². The van der Waals surface area contributed by atoms with Gasteiger partial charge in [0.05, 0.1) is 0 Å². The number of carboxylic acids is 1. The molecule has 1 aromatic rings. The van der Waals surface area contributed by atoms with Crippen molar-refractivity contribution in [3.05, 3.63) is 21.5 Å². The number of aromatic nitrogens is 1. The minimum Gasteiger partial charge on any atom is -0.506 e. The zero-order valence-corrected chi connectivity index (χ0v) is 15.9. The summed E-state index contributed by atoms with van der Waals surface area (Å²) in [5, 5.41) is 34.6. The number of hydrogen-bond acceptors (Lipinski definition) is 6. The van der Waals surface area contributed by atoms with Crippen LogP contribution >= 0.6 is 0 Å². The number of aliphatic carboxylic acids is 1. The molecule has 3 rings (SSSR count). The molecule has 0 spiro atoms. The number of hydrogen-bond donors (Lipinski definition) is 5. The Labute approximate surface area is 166 Å². The van der Waals surface area contributed by atoms with Gasteiger partial charge in [0.25, 0.3) is 17.4 Å². The zero-order chi connectivity index (χ0) is 21.1. The van der Waals surface area contributed by atoms with E-state index < -0.39 is 58.7 Å². The molecule has 2 fully saturated rings. The molecule has 2 amide bonds. The molecule has 0 saturated heterocycles. The molecule has 1 heterocycles. The van der Waals surface area contributed by atoms with Crippen molar-refractivity contribution in [3.63, 3.8) is 0 Å². The standard InChI is InChI=1S/C19H25N3O7/c23-12(24)9-21-17(27)14-15(25)13(16(26)20-8-10-6-7-10)18(28)22(19(14)29)11-4-2-1-3-5-11/h10-11,25,29H,1-9H2,(H,20,26)(H,21,27)(H,23,24). The fourth-order valence-corrected chi connectivity index (χ4v) is 3.65. The van der Waals surface area contributed by atoms with Crippen LogP contribution in [-0.4, -0.2) is 50.8 Å². The van der Waals surface area contributed by atoms with E-state index in [9.17, 15) is 29.4 Å². The smallest absolute Gasteiger partial charge is 0.322 e. The summed E-state index contributed by atoms with van der Waals surface area (Å²) >= 11 is 0. The van der Waals surface area contributed by atoms with Crippen molar-refractivity contribution in [3.8, 4) is 11.6 Å². The first-order valence-electron chi connectivity index (χ1n) is 9.79. The minimum atomic E-state index is -1.32. The summed E-state index contributed by atoms with van der Waals surface area (Å²) in [5.74, 6) is -4.60. The summed E-state index contributed by atoms with van der Waals surface area (Å²) in [4.78, 5) is 48.8. The normalized spacial score (nSPS) is 17.0. The van der Waals surface area contributed by atoms with Crippen LogP contribution in [0.2, 0.25) is 0 Å². The van der Waals surface area contributed by atoms with Gasteiger partial charge in [-0.15, -0.1) is 0 Å². The molecule has 5 N–H and O–H groups in total. The number of nitrogens with one attached hydrogen (secondary N) is 2. The van der Waals surface area contributed by atoms with E-state index in [-0.39, 0.29) is 0 Å². The Balaban J connectivity index is 2.06. The third-order valence-corrected chi connectivity index (χ3v) is 5.40. The second kappa shape index (κ2) is 8.54. The van der Waals surface area contributed by atoms with Crippen LogP contribution in [-0.2, 0) is 4.79 Å². The summed E-state index contributed by atoms with van der Waals surface area (Å²) in [7, 11) is 0. The van der Waals surface area contributed by atoms with Crippen LogP contribution in [0, 0.1) is 5.92 Å². The number of rotatable bonds is 7. The average Bonchev–Trinajstić information content (AvgIpc) is 3.50. The second-order valence-electron chi connectivity index (χ2n) is 7.62. The van der Waals surface area contributed by atoms with Crippen LogP contribution in [0.5, 0.6) is 11.6 Å². The van der Waals surface area contributed by atoms with Crippen molar-refractivity contribution in [1.82, 2.24) is 15.2 Å². The first kappa shape index (κ1) is 20.7. The molecule has 0 bridgehead atoms. The van der Waals surface area contributed by atoms with Gasteiger partial charge in [-0.2, -0.15) is 0 Å². The monoisotopic (exact) mass is 407 g/mol. The van der Waals surface area contributed by atoms with Gasteiger partial charge in [0.15, 0.2) is 5.75 Å². The average molecular weight is 407 g/mol. The SMILES string of the molecule is O=C(O)CNC(=O)c1c(O)c(C(=O)NCC2CC2)c(=O)n(C2CCCCC2)c1O. The molecule has 10 nitrogen and oxygen atoms in total. The van der Waals surface area contributed by atoms with E-state index >= 15 is 0 Å². The van der Waals surface area contributed by atoms with Gasteiger partial charge < -0.3 is 26.0 Å². The van der Waals surface area contributed by atoms with Crippen LogP contribution in [0.4, 0.5) is 0 Å². The first-order valence-corrected chi connectivity index (χ1v) is 9.79. The van der Waals surface area contributed by atoms with Crippen molar-refractivity contribution in [2.75, 3.05) is 13.1 Å². The Morgan fingerprint density at radius 2 is 1.55 bits per heavy atom. The van der Waals surface area contributed by atoms with E-state index in [4.69, 9.17) is 5.11 Å². The van der Waals surface area contributed by atoms with Gasteiger partial charge in [0, 0.05) is 12.6 Å². The predicted molar refractivity (Wildman–Crippen MR) is 101 cm³/mol. The van der Waals surface area contributed by atoms with Crippen LogP contribution < -0.4 is 16.2 Å². The molecule has 0 radical (unpaired) electrons. The van der Waals surface area contributed by atoms with E-state index in [0.717, 1.165) is 36.7 Å². The number of carboxylic acid groups (broad SMARTS) is 1. The van der Waals surface area contributed by atoms with Crippen LogP contribution in [0.3, 0.4) is 0 Å². The number of amides is 2. The van der Waals surface area contributed by atoms with Gasteiger partial charge in [-0.1, -0.05) is 19.3 Å². The van der Waals surface area contributed by atoms with Crippen LogP contribution in [0.15, 0.2) is 4.79 Å². The van der Waals surface area contributed by atoms with Crippen molar-refractivity contribution >= 4 is 17.8 Å². The van der Waals surface area contributed by atoms with Crippen LogP contribution in [0.1, 0.15) is 71.7 Å². The Bertz CT molecular complexity index is 883. The quantitative estimate of drug-likeness (QED) is 0.445. The fraction of sp³-hybridized carbons (Fsp3) is 0.579. The lowest BCUT2D eigenvalue weighted by atomic mass is 9.94. The largest absolute Gasteiger partial charge is 0.506 e. The van der Waals surface area contributed by atoms with Gasteiger partial charge in [-0.25, -0.2) is 0 Å². The van der Waals surface area contributed by atoms with Crippen molar-refractivity contribution in [2.24, 2.45) is 5.92 Å².